The summed E-state index contributed by atoms with van der Waals surface area (Å²) in [6, 6.07) is 81.3. The van der Waals surface area contributed by atoms with E-state index in [0.29, 0.717) is 5.95 Å². The molecule has 0 spiro atoms. The number of para-hydroxylation sites is 3. The largest absolute Gasteiger partial charge is 0.352 e. The molecule has 0 aliphatic carbocycles. The normalized spacial score (nSPS) is 12.6. The summed E-state index contributed by atoms with van der Waals surface area (Å²) in [6.45, 7) is 0. The number of anilines is 11. The lowest BCUT2D eigenvalue weighted by atomic mass is 9.97. The van der Waals surface area contributed by atoms with Gasteiger partial charge >= 0.3 is 0 Å². The highest BCUT2D eigenvalue weighted by atomic mass is 15.3. The molecule has 0 saturated heterocycles. The van der Waals surface area contributed by atoms with E-state index in [4.69, 9.17) is 9.97 Å². The van der Waals surface area contributed by atoms with Crippen molar-refractivity contribution in [2.24, 2.45) is 0 Å². The van der Waals surface area contributed by atoms with Crippen molar-refractivity contribution in [2.45, 2.75) is 0 Å². The maximum atomic E-state index is 5.08. The van der Waals surface area contributed by atoms with E-state index in [2.05, 4.69) is 232 Å². The first-order valence-corrected chi connectivity index (χ1v) is 22.3. The fourth-order valence-electron chi connectivity index (χ4n) is 9.96. The van der Waals surface area contributed by atoms with Gasteiger partial charge in [-0.3, -0.25) is 4.90 Å². The third-order valence-electron chi connectivity index (χ3n) is 12.9. The van der Waals surface area contributed by atoms with Crippen molar-refractivity contribution in [3.8, 4) is 0 Å². The van der Waals surface area contributed by atoms with Gasteiger partial charge in [-0.2, -0.15) is 0 Å². The molecule has 6 heteroatoms. The number of benzene rings is 11. The van der Waals surface area contributed by atoms with Crippen molar-refractivity contribution < 1.29 is 0 Å². The van der Waals surface area contributed by atoms with Crippen LogP contribution in [0.15, 0.2) is 237 Å². The number of hydrogen-bond donors (Lipinski definition) is 1. The second-order valence-corrected chi connectivity index (χ2v) is 16.7. The first kappa shape index (κ1) is 37.5. The Labute approximate surface area is 381 Å². The Morgan fingerprint density at radius 2 is 0.742 bits per heavy atom. The molecular formula is C60H40N6. The molecule has 0 unspecified atom stereocenters. The number of nitrogens with zero attached hydrogens (tertiary/aromatic N) is 5. The molecule has 0 atom stereocenters. The van der Waals surface area contributed by atoms with E-state index < -0.39 is 0 Å². The Balaban J connectivity index is 0.000000138. The fourth-order valence-corrected chi connectivity index (χ4v) is 9.96. The van der Waals surface area contributed by atoms with Gasteiger partial charge in [-0.05, 0) is 76.1 Å². The van der Waals surface area contributed by atoms with Crippen LogP contribution >= 0.6 is 0 Å². The first-order valence-electron chi connectivity index (χ1n) is 22.3. The highest BCUT2D eigenvalue weighted by Crippen LogP contribution is 2.58. The van der Waals surface area contributed by atoms with Crippen LogP contribution in [-0.2, 0) is 0 Å². The van der Waals surface area contributed by atoms with Crippen LogP contribution in [-0.4, -0.2) is 9.97 Å². The molecule has 3 heterocycles. The molecule has 11 aromatic carbocycles. The monoisotopic (exact) mass is 844 g/mol. The van der Waals surface area contributed by atoms with Gasteiger partial charge in [-0.1, -0.05) is 176 Å². The molecule has 0 fully saturated rings. The smallest absolute Gasteiger partial charge is 0.235 e. The van der Waals surface area contributed by atoms with Gasteiger partial charge in [0.15, 0.2) is 0 Å². The van der Waals surface area contributed by atoms with Gasteiger partial charge in [-0.15, -0.1) is 0 Å². The topological polar surface area (TPSA) is 47.5 Å². The van der Waals surface area contributed by atoms with E-state index in [1.54, 1.807) is 0 Å². The highest BCUT2D eigenvalue weighted by molar-refractivity contribution is 6.17. The average Bonchev–Trinajstić information content (AvgIpc) is 3.39. The number of hydrogen-bond acceptors (Lipinski definition) is 6. The fraction of sp³-hybridized carbons (Fsp3) is 0. The van der Waals surface area contributed by atoms with E-state index in [1.807, 2.05) is 24.4 Å². The van der Waals surface area contributed by atoms with Gasteiger partial charge in [0, 0.05) is 44.5 Å². The molecule has 0 radical (unpaired) electrons. The zero-order valence-electron chi connectivity index (χ0n) is 35.8. The van der Waals surface area contributed by atoms with Crippen LogP contribution in [0, 0.1) is 0 Å². The van der Waals surface area contributed by atoms with Crippen molar-refractivity contribution >= 4 is 117 Å². The van der Waals surface area contributed by atoms with Crippen molar-refractivity contribution in [3.05, 3.63) is 237 Å². The van der Waals surface area contributed by atoms with Crippen LogP contribution in [0.1, 0.15) is 0 Å². The summed E-state index contributed by atoms with van der Waals surface area (Å²) in [4.78, 5) is 17.0. The van der Waals surface area contributed by atoms with Crippen LogP contribution < -0.4 is 20.0 Å². The van der Waals surface area contributed by atoms with Crippen LogP contribution in [0.5, 0.6) is 0 Å². The Kier molecular flexibility index (Phi) is 8.74. The van der Waals surface area contributed by atoms with Gasteiger partial charge in [0.05, 0.1) is 51.0 Å². The predicted octanol–water partition coefficient (Wildman–Crippen LogP) is 16.7. The lowest BCUT2D eigenvalue weighted by Crippen LogP contribution is -2.25. The van der Waals surface area contributed by atoms with Crippen molar-refractivity contribution in [3.63, 3.8) is 0 Å². The summed E-state index contributed by atoms with van der Waals surface area (Å²) in [7, 11) is 0. The van der Waals surface area contributed by atoms with Gasteiger partial charge < -0.3 is 15.1 Å². The molecule has 0 bridgehead atoms. The maximum Gasteiger partial charge on any atom is 0.235 e. The van der Waals surface area contributed by atoms with Crippen LogP contribution in [0.3, 0.4) is 0 Å². The standard InChI is InChI=1S/C34H22N4.C26H18N2/c1-2-13-26(14-3-1)37-30-20-18-24-11-5-8-16-28(24)33(30)38(34-35-22-25-12-6-9-17-29(25)36-34)31-21-19-23-10-4-7-15-27(23)32(31)37;1-2-10-20(11-3-1)28-24-17-15-18-8-4-6-12-21(18)25(24)27-23-16-14-19-9-5-7-13-22(19)26(23)28/h1-22H;1-17,27H. The molecular weight excluding hydrogens is 805 g/mol. The van der Waals surface area contributed by atoms with Crippen LogP contribution in [0.2, 0.25) is 0 Å². The highest BCUT2D eigenvalue weighted by Gasteiger charge is 2.35. The third-order valence-corrected chi connectivity index (χ3v) is 12.9. The van der Waals surface area contributed by atoms with Gasteiger partial charge in [0.1, 0.15) is 0 Å². The van der Waals surface area contributed by atoms with Gasteiger partial charge in [0.25, 0.3) is 0 Å². The molecule has 6 nitrogen and oxygen atoms in total. The molecule has 14 rings (SSSR count). The molecule has 1 aromatic heterocycles. The zero-order chi connectivity index (χ0) is 43.6. The molecule has 66 heavy (non-hydrogen) atoms. The number of fused-ring (bicyclic) bond motifs is 13. The Morgan fingerprint density at radius 3 is 1.35 bits per heavy atom. The SMILES string of the molecule is c1ccc(N2c3ccc4ccccc4c3N(c3ncc4ccccc4n3)c3ccc4ccccc4c32)cc1.c1ccc(N2c3ccc4ccccc4c3Nc3ccc4ccccc4c32)cc1. The van der Waals surface area contributed by atoms with Gasteiger partial charge in [0.2, 0.25) is 5.95 Å². The zero-order valence-corrected chi connectivity index (χ0v) is 35.8. The summed E-state index contributed by atoms with van der Waals surface area (Å²) in [5.74, 6) is 0.658. The number of aromatic nitrogens is 2. The third kappa shape index (κ3) is 6.04. The molecule has 2 aliphatic rings. The summed E-state index contributed by atoms with van der Waals surface area (Å²) in [6.07, 6.45) is 1.92. The maximum absolute atomic E-state index is 5.08. The minimum atomic E-state index is 0.658. The quantitative estimate of drug-likeness (QED) is 0.191. The molecule has 0 saturated carbocycles. The summed E-state index contributed by atoms with van der Waals surface area (Å²) >= 11 is 0. The second-order valence-electron chi connectivity index (χ2n) is 16.7. The predicted molar refractivity (Wildman–Crippen MR) is 277 cm³/mol. The lowest BCUT2D eigenvalue weighted by molar-refractivity contribution is 1.09. The van der Waals surface area contributed by atoms with E-state index in [0.717, 1.165) is 61.8 Å². The lowest BCUT2D eigenvalue weighted by Gasteiger charge is -2.40. The summed E-state index contributed by atoms with van der Waals surface area (Å²) < 4.78 is 0. The van der Waals surface area contributed by atoms with E-state index in [1.165, 1.54) is 49.1 Å². The first-order chi connectivity index (χ1) is 32.8. The average molecular weight is 845 g/mol. The second kappa shape index (κ2) is 15.4. The Hall–Kier alpha value is -9.00. The Morgan fingerprint density at radius 1 is 0.318 bits per heavy atom. The number of rotatable bonds is 3. The molecule has 12 aromatic rings. The van der Waals surface area contributed by atoms with E-state index >= 15 is 0 Å². The van der Waals surface area contributed by atoms with Crippen LogP contribution in [0.4, 0.5) is 62.8 Å². The minimum absolute atomic E-state index is 0.658. The van der Waals surface area contributed by atoms with Gasteiger partial charge in [-0.25, -0.2) is 9.97 Å². The van der Waals surface area contributed by atoms with Crippen molar-refractivity contribution in [2.75, 3.05) is 20.0 Å². The van der Waals surface area contributed by atoms with Crippen LogP contribution in [0.25, 0.3) is 54.0 Å². The molecule has 2 aliphatic heterocycles. The Bertz CT molecular complexity index is 3830. The number of nitrogens with one attached hydrogen (secondary N) is 1. The summed E-state index contributed by atoms with van der Waals surface area (Å²) in [5, 5.41) is 14.4. The van der Waals surface area contributed by atoms with E-state index in [9.17, 15) is 0 Å². The van der Waals surface area contributed by atoms with E-state index in [-0.39, 0.29) is 0 Å². The van der Waals surface area contributed by atoms with Crippen molar-refractivity contribution in [1.82, 2.24) is 9.97 Å². The molecule has 0 amide bonds. The molecule has 1 N–H and O–H groups in total. The molecule has 310 valence electrons. The van der Waals surface area contributed by atoms with Crippen molar-refractivity contribution in [1.29, 1.82) is 0 Å². The minimum Gasteiger partial charge on any atom is -0.352 e. The summed E-state index contributed by atoms with van der Waals surface area (Å²) in [5.41, 5.74) is 12.2.